The normalized spacial score (nSPS) is 13.5. The van der Waals surface area contributed by atoms with Gasteiger partial charge in [-0.3, -0.25) is 4.57 Å². The quantitative estimate of drug-likeness (QED) is 0.388. The van der Waals surface area contributed by atoms with Gasteiger partial charge in [0, 0.05) is 16.6 Å². The first kappa shape index (κ1) is 24.3. The lowest BCUT2D eigenvalue weighted by atomic mass is 9.85. The van der Waals surface area contributed by atoms with Crippen molar-refractivity contribution < 1.29 is 4.43 Å². The molecular formula is C28H38N4OSi. The molecule has 34 heavy (non-hydrogen) atoms. The van der Waals surface area contributed by atoms with Gasteiger partial charge in [-0.25, -0.2) is 4.98 Å². The topological polar surface area (TPSA) is 76.9 Å². The molecular weight excluding hydrogens is 436 g/mol. The molecule has 2 heterocycles. The van der Waals surface area contributed by atoms with Crippen molar-refractivity contribution in [2.75, 3.05) is 5.73 Å². The first-order valence-corrected chi connectivity index (χ1v) is 14.6. The van der Waals surface area contributed by atoms with E-state index in [0.29, 0.717) is 28.0 Å². The smallest absolute Gasteiger partial charge is 0.258 e. The molecule has 0 aliphatic heterocycles. The fourth-order valence-electron chi connectivity index (χ4n) is 6.14. The Bertz CT molecular complexity index is 1310. The van der Waals surface area contributed by atoms with Crippen LogP contribution in [-0.2, 0) is 12.8 Å². The van der Waals surface area contributed by atoms with Crippen LogP contribution in [-0.4, -0.2) is 17.9 Å². The number of nitriles is 1. The van der Waals surface area contributed by atoms with E-state index in [-0.39, 0.29) is 0 Å². The van der Waals surface area contributed by atoms with Gasteiger partial charge in [0.2, 0.25) is 0 Å². The number of nitrogens with two attached hydrogens (primary N) is 1. The summed E-state index contributed by atoms with van der Waals surface area (Å²) < 4.78 is 9.19. The van der Waals surface area contributed by atoms with E-state index in [9.17, 15) is 5.26 Å². The molecule has 0 radical (unpaired) electrons. The second-order valence-corrected chi connectivity index (χ2v) is 16.3. The Balaban J connectivity index is 2.02. The summed E-state index contributed by atoms with van der Waals surface area (Å²) in [5, 5.41) is 10.8. The zero-order chi connectivity index (χ0) is 25.1. The van der Waals surface area contributed by atoms with Gasteiger partial charge < -0.3 is 10.2 Å². The minimum atomic E-state index is -2.13. The molecule has 0 amide bonds. The van der Waals surface area contributed by atoms with Crippen LogP contribution in [0, 0.1) is 32.1 Å². The van der Waals surface area contributed by atoms with Gasteiger partial charge in [-0.15, -0.1) is 0 Å². The van der Waals surface area contributed by atoms with Crippen LogP contribution in [0.3, 0.4) is 0 Å². The maximum absolute atomic E-state index is 9.94. The molecule has 0 fully saturated rings. The average Bonchev–Trinajstić information content (AvgIpc) is 2.99. The van der Waals surface area contributed by atoms with Crippen molar-refractivity contribution in [3.05, 3.63) is 45.6 Å². The maximum atomic E-state index is 9.94. The number of nitrogen functional groups attached to an aromatic ring is 1. The van der Waals surface area contributed by atoms with E-state index in [1.807, 2.05) is 24.5 Å². The minimum Gasteiger partial charge on any atom is -0.542 e. The number of hydrogen-bond acceptors (Lipinski definition) is 4. The zero-order valence-electron chi connectivity index (χ0n) is 22.1. The maximum Gasteiger partial charge on any atom is 0.258 e. The average molecular weight is 475 g/mol. The van der Waals surface area contributed by atoms with E-state index in [1.165, 1.54) is 11.1 Å². The second-order valence-electron chi connectivity index (χ2n) is 10.9. The number of nitrogens with zero attached hydrogens (tertiary/aromatic N) is 3. The third-order valence-corrected chi connectivity index (χ3v) is 14.1. The van der Waals surface area contributed by atoms with E-state index in [1.54, 1.807) is 0 Å². The number of rotatable bonds is 6. The molecule has 180 valence electrons. The van der Waals surface area contributed by atoms with Gasteiger partial charge in [-0.1, -0.05) is 41.5 Å². The van der Waals surface area contributed by atoms with Gasteiger partial charge in [0.05, 0.1) is 5.69 Å². The number of aryl methyl sites for hydroxylation is 3. The van der Waals surface area contributed by atoms with Crippen molar-refractivity contribution in [2.45, 2.75) is 91.8 Å². The number of aromatic nitrogens is 2. The SMILES string of the molecule is Cc1cc2c(C#N)c(N)n(-c3c(C)c(O[Si](C(C)C)(C(C)C)C(C)C)cc4c3CC4)c2nc1C. The molecule has 2 N–H and O–H groups in total. The Hall–Kier alpha value is -2.78. The molecule has 0 unspecified atom stereocenters. The predicted octanol–water partition coefficient (Wildman–Crippen LogP) is 7.06. The van der Waals surface area contributed by atoms with E-state index in [4.69, 9.17) is 15.1 Å². The lowest BCUT2D eigenvalue weighted by Crippen LogP contribution is -2.51. The standard InChI is InChI=1S/C28H38N4OSi/c1-15(2)34(16(3)4,17(5)6)33-25-13-21-10-11-22(21)26(19(25)8)32-27(30)24(14-29)23-12-18(7)20(9)31-28(23)32/h12-13,15-17H,10-11,30H2,1-9H3. The first-order valence-electron chi connectivity index (χ1n) is 12.5. The third kappa shape index (κ3) is 3.36. The van der Waals surface area contributed by atoms with Crippen LogP contribution in [0.5, 0.6) is 5.75 Å². The van der Waals surface area contributed by atoms with Crippen LogP contribution >= 0.6 is 0 Å². The highest BCUT2D eigenvalue weighted by molar-refractivity contribution is 6.78. The molecule has 1 aliphatic rings. The third-order valence-electron chi connectivity index (χ3n) is 8.10. The van der Waals surface area contributed by atoms with E-state index in [0.717, 1.165) is 52.1 Å². The summed E-state index contributed by atoms with van der Waals surface area (Å²) in [6.45, 7) is 20.1. The molecule has 0 atom stereocenters. The molecule has 0 bridgehead atoms. The summed E-state index contributed by atoms with van der Waals surface area (Å²) in [7, 11) is -2.13. The Morgan fingerprint density at radius 3 is 2.15 bits per heavy atom. The highest BCUT2D eigenvalue weighted by Gasteiger charge is 2.47. The summed E-state index contributed by atoms with van der Waals surface area (Å²) in [5.74, 6) is 1.43. The van der Waals surface area contributed by atoms with Gasteiger partial charge in [-0.2, -0.15) is 5.26 Å². The molecule has 6 heteroatoms. The van der Waals surface area contributed by atoms with Crippen molar-refractivity contribution >= 4 is 25.2 Å². The van der Waals surface area contributed by atoms with Crippen LogP contribution in [0.25, 0.3) is 16.7 Å². The van der Waals surface area contributed by atoms with Crippen molar-refractivity contribution in [3.63, 3.8) is 0 Å². The van der Waals surface area contributed by atoms with E-state index < -0.39 is 8.32 Å². The molecule has 3 aromatic rings. The molecule has 1 aliphatic carbocycles. The van der Waals surface area contributed by atoms with Crippen molar-refractivity contribution in [3.8, 4) is 17.5 Å². The van der Waals surface area contributed by atoms with Gasteiger partial charge in [0.1, 0.15) is 28.8 Å². The summed E-state index contributed by atoms with van der Waals surface area (Å²) >= 11 is 0. The zero-order valence-corrected chi connectivity index (χ0v) is 23.1. The molecule has 1 aromatic carbocycles. The number of fused-ring (bicyclic) bond motifs is 2. The van der Waals surface area contributed by atoms with Gasteiger partial charge in [0.25, 0.3) is 8.32 Å². The van der Waals surface area contributed by atoms with Crippen molar-refractivity contribution in [1.82, 2.24) is 9.55 Å². The van der Waals surface area contributed by atoms with Crippen molar-refractivity contribution in [1.29, 1.82) is 5.26 Å². The molecule has 4 rings (SSSR count). The van der Waals surface area contributed by atoms with Crippen LogP contribution in [0.1, 0.15) is 75.1 Å². The molecule has 0 saturated heterocycles. The molecule has 0 saturated carbocycles. The Morgan fingerprint density at radius 1 is 1.03 bits per heavy atom. The monoisotopic (exact) mass is 474 g/mol. The predicted molar refractivity (Wildman–Crippen MR) is 143 cm³/mol. The molecule has 5 nitrogen and oxygen atoms in total. The van der Waals surface area contributed by atoms with Crippen LogP contribution in [0.4, 0.5) is 5.82 Å². The van der Waals surface area contributed by atoms with E-state index in [2.05, 4.69) is 60.6 Å². The highest BCUT2D eigenvalue weighted by atomic mass is 28.4. The van der Waals surface area contributed by atoms with Gasteiger partial charge >= 0.3 is 0 Å². The second kappa shape index (κ2) is 8.46. The molecule has 2 aromatic heterocycles. The minimum absolute atomic E-state index is 0.462. The lowest BCUT2D eigenvalue weighted by molar-refractivity contribution is 0.475. The Morgan fingerprint density at radius 2 is 1.65 bits per heavy atom. The number of anilines is 1. The summed E-state index contributed by atoms with van der Waals surface area (Å²) in [6, 6.07) is 6.64. The fourth-order valence-corrected chi connectivity index (χ4v) is 11.4. The number of pyridine rings is 1. The van der Waals surface area contributed by atoms with Crippen LogP contribution in [0.2, 0.25) is 16.6 Å². The van der Waals surface area contributed by atoms with Crippen LogP contribution in [0.15, 0.2) is 12.1 Å². The molecule has 0 spiro atoms. The first-order chi connectivity index (χ1) is 15.9. The number of hydrogen-bond donors (Lipinski definition) is 1. The summed E-state index contributed by atoms with van der Waals surface area (Å²) in [5.41, 5.74) is 16.1. The van der Waals surface area contributed by atoms with Crippen molar-refractivity contribution in [2.24, 2.45) is 0 Å². The van der Waals surface area contributed by atoms with Gasteiger partial charge in [-0.05, 0) is 79.1 Å². The largest absolute Gasteiger partial charge is 0.542 e. The highest BCUT2D eigenvalue weighted by Crippen LogP contribution is 2.47. The van der Waals surface area contributed by atoms with Crippen LogP contribution < -0.4 is 10.2 Å². The summed E-state index contributed by atoms with van der Waals surface area (Å²) in [4.78, 5) is 4.91. The summed E-state index contributed by atoms with van der Waals surface area (Å²) in [6.07, 6.45) is 2.03. The Kier molecular flexibility index (Phi) is 6.06. The lowest BCUT2D eigenvalue weighted by Gasteiger charge is -2.43. The number of benzene rings is 1. The fraction of sp³-hybridized carbons (Fsp3) is 0.500. The Labute approximate surface area is 205 Å². The van der Waals surface area contributed by atoms with Gasteiger partial charge in [0.15, 0.2) is 0 Å². The van der Waals surface area contributed by atoms with E-state index >= 15 is 0 Å².